The summed E-state index contributed by atoms with van der Waals surface area (Å²) in [6.45, 7) is 6.00. The number of morpholine rings is 1. The molecule has 2 aliphatic rings. The molecule has 1 aromatic rings. The van der Waals surface area contributed by atoms with Crippen LogP contribution >= 0.6 is 0 Å². The van der Waals surface area contributed by atoms with Gasteiger partial charge in [-0.3, -0.25) is 9.58 Å². The fourth-order valence-electron chi connectivity index (χ4n) is 2.88. The van der Waals surface area contributed by atoms with Crippen molar-refractivity contribution in [3.05, 3.63) is 11.9 Å². The molecule has 1 saturated heterocycles. The molecular weight excluding hydrogens is 254 g/mol. The molecule has 3 rings (SSSR count). The first kappa shape index (κ1) is 14.0. The van der Waals surface area contributed by atoms with E-state index in [-0.39, 0.29) is 0 Å². The maximum absolute atomic E-state index is 5.91. The number of hydrogen-bond acceptors (Lipinski definition) is 5. The van der Waals surface area contributed by atoms with Gasteiger partial charge < -0.3 is 9.64 Å². The van der Waals surface area contributed by atoms with E-state index in [1.54, 1.807) is 0 Å². The molecule has 1 atom stereocenters. The molecule has 0 spiro atoms. The predicted octanol–water partition coefficient (Wildman–Crippen LogP) is 0.358. The van der Waals surface area contributed by atoms with Crippen molar-refractivity contribution in [2.75, 3.05) is 39.8 Å². The summed E-state index contributed by atoms with van der Waals surface area (Å²) < 4.78 is 7.76. The molecule has 1 aliphatic heterocycles. The summed E-state index contributed by atoms with van der Waals surface area (Å²) in [6, 6.07) is 0. The minimum atomic E-state index is 0.327. The molecule has 0 aromatic carbocycles. The Hall–Kier alpha value is -0.980. The third-order valence-electron chi connectivity index (χ3n) is 4.20. The number of rotatable bonds is 6. The highest BCUT2D eigenvalue weighted by Gasteiger charge is 2.26. The van der Waals surface area contributed by atoms with Gasteiger partial charge in [-0.1, -0.05) is 5.21 Å². The molecule has 0 bridgehead atoms. The zero-order chi connectivity index (χ0) is 13.9. The third kappa shape index (κ3) is 3.77. The van der Waals surface area contributed by atoms with E-state index in [2.05, 4.69) is 27.2 Å². The van der Waals surface area contributed by atoms with Gasteiger partial charge in [0.2, 0.25) is 0 Å². The second kappa shape index (κ2) is 6.20. The molecule has 0 amide bonds. The standard InChI is InChI=1S/C14H25N5O/c1-17(8-12-3-4-12)10-14-11-19(5-6-20-14)9-13-7-15-16-18(13)2/h7,12,14H,3-6,8-11H2,1-2H3. The Balaban J connectivity index is 1.47. The molecule has 2 heterocycles. The summed E-state index contributed by atoms with van der Waals surface area (Å²) >= 11 is 0. The summed E-state index contributed by atoms with van der Waals surface area (Å²) in [7, 11) is 4.16. The van der Waals surface area contributed by atoms with Crippen molar-refractivity contribution in [1.82, 2.24) is 24.8 Å². The Kier molecular flexibility index (Phi) is 4.33. The molecule has 1 aromatic heterocycles. The van der Waals surface area contributed by atoms with E-state index in [1.807, 2.05) is 17.9 Å². The topological polar surface area (TPSA) is 46.4 Å². The van der Waals surface area contributed by atoms with Crippen LogP contribution in [0.1, 0.15) is 18.5 Å². The van der Waals surface area contributed by atoms with Gasteiger partial charge in [0.05, 0.1) is 24.6 Å². The minimum Gasteiger partial charge on any atom is -0.374 e. The monoisotopic (exact) mass is 279 g/mol. The maximum Gasteiger partial charge on any atom is 0.0829 e. The fourth-order valence-corrected chi connectivity index (χ4v) is 2.88. The van der Waals surface area contributed by atoms with Crippen molar-refractivity contribution in [2.24, 2.45) is 13.0 Å². The van der Waals surface area contributed by atoms with Crippen LogP contribution in [0.25, 0.3) is 0 Å². The lowest BCUT2D eigenvalue weighted by molar-refractivity contribution is -0.0440. The summed E-state index contributed by atoms with van der Waals surface area (Å²) in [5, 5.41) is 7.93. The quantitative estimate of drug-likeness (QED) is 0.752. The molecule has 112 valence electrons. The van der Waals surface area contributed by atoms with Gasteiger partial charge in [0, 0.05) is 39.8 Å². The van der Waals surface area contributed by atoms with Crippen LogP contribution in [0.4, 0.5) is 0 Å². The van der Waals surface area contributed by atoms with Crippen LogP contribution in [0.15, 0.2) is 6.20 Å². The highest BCUT2D eigenvalue weighted by atomic mass is 16.5. The molecule has 6 nitrogen and oxygen atoms in total. The number of ether oxygens (including phenoxy) is 1. The van der Waals surface area contributed by atoms with E-state index in [4.69, 9.17) is 4.74 Å². The van der Waals surface area contributed by atoms with Crippen molar-refractivity contribution in [2.45, 2.75) is 25.5 Å². The van der Waals surface area contributed by atoms with Crippen molar-refractivity contribution in [1.29, 1.82) is 0 Å². The lowest BCUT2D eigenvalue weighted by Gasteiger charge is -2.34. The van der Waals surface area contributed by atoms with Crippen LogP contribution in [0.5, 0.6) is 0 Å². The van der Waals surface area contributed by atoms with E-state index in [0.717, 1.165) is 44.4 Å². The van der Waals surface area contributed by atoms with E-state index < -0.39 is 0 Å². The number of aromatic nitrogens is 3. The average molecular weight is 279 g/mol. The number of hydrogen-bond donors (Lipinski definition) is 0. The minimum absolute atomic E-state index is 0.327. The van der Waals surface area contributed by atoms with Crippen LogP contribution in [-0.2, 0) is 18.3 Å². The Morgan fingerprint density at radius 3 is 2.95 bits per heavy atom. The summed E-state index contributed by atoms with van der Waals surface area (Å²) in [4.78, 5) is 4.87. The summed E-state index contributed by atoms with van der Waals surface area (Å²) in [6.07, 6.45) is 5.00. The van der Waals surface area contributed by atoms with Crippen LogP contribution in [0.3, 0.4) is 0 Å². The normalized spacial score (nSPS) is 24.4. The first-order valence-electron chi connectivity index (χ1n) is 7.57. The summed E-state index contributed by atoms with van der Waals surface area (Å²) in [5.74, 6) is 0.945. The fraction of sp³-hybridized carbons (Fsp3) is 0.857. The van der Waals surface area contributed by atoms with Gasteiger partial charge in [-0.2, -0.15) is 0 Å². The Morgan fingerprint density at radius 1 is 1.40 bits per heavy atom. The molecule has 2 fully saturated rings. The van der Waals surface area contributed by atoms with Crippen LogP contribution in [0, 0.1) is 5.92 Å². The number of likely N-dealkylation sites (N-methyl/N-ethyl adjacent to an activating group) is 1. The van der Waals surface area contributed by atoms with Gasteiger partial charge in [-0.25, -0.2) is 0 Å². The predicted molar refractivity (Wildman–Crippen MR) is 76.2 cm³/mol. The van der Waals surface area contributed by atoms with Gasteiger partial charge in [0.25, 0.3) is 0 Å². The van der Waals surface area contributed by atoms with E-state index >= 15 is 0 Å². The number of aryl methyl sites for hydroxylation is 1. The zero-order valence-corrected chi connectivity index (χ0v) is 12.5. The molecule has 0 N–H and O–H groups in total. The van der Waals surface area contributed by atoms with Gasteiger partial charge in [-0.05, 0) is 25.8 Å². The van der Waals surface area contributed by atoms with Gasteiger partial charge in [-0.15, -0.1) is 5.10 Å². The van der Waals surface area contributed by atoms with Crippen molar-refractivity contribution < 1.29 is 4.74 Å². The molecule has 1 saturated carbocycles. The SMILES string of the molecule is CN(CC1CC1)CC1CN(Cc2cnnn2C)CCO1. The van der Waals surface area contributed by atoms with Gasteiger partial charge >= 0.3 is 0 Å². The Labute approximate surface area is 120 Å². The first-order valence-corrected chi connectivity index (χ1v) is 7.57. The second-order valence-electron chi connectivity index (χ2n) is 6.24. The lowest BCUT2D eigenvalue weighted by Crippen LogP contribution is -2.47. The molecule has 6 heteroatoms. The van der Waals surface area contributed by atoms with Gasteiger partial charge in [0.15, 0.2) is 0 Å². The van der Waals surface area contributed by atoms with Crippen molar-refractivity contribution >= 4 is 0 Å². The van der Waals surface area contributed by atoms with Crippen LogP contribution in [0.2, 0.25) is 0 Å². The Morgan fingerprint density at radius 2 is 2.25 bits per heavy atom. The van der Waals surface area contributed by atoms with E-state index in [1.165, 1.54) is 19.4 Å². The second-order valence-corrected chi connectivity index (χ2v) is 6.24. The van der Waals surface area contributed by atoms with Crippen LogP contribution in [-0.4, -0.2) is 70.7 Å². The largest absolute Gasteiger partial charge is 0.374 e. The van der Waals surface area contributed by atoms with Crippen LogP contribution < -0.4 is 0 Å². The highest BCUT2D eigenvalue weighted by Crippen LogP contribution is 2.29. The molecule has 20 heavy (non-hydrogen) atoms. The third-order valence-corrected chi connectivity index (χ3v) is 4.20. The molecule has 1 unspecified atom stereocenters. The zero-order valence-electron chi connectivity index (χ0n) is 12.5. The maximum atomic E-state index is 5.91. The number of nitrogens with zero attached hydrogens (tertiary/aromatic N) is 5. The lowest BCUT2D eigenvalue weighted by atomic mass is 10.2. The van der Waals surface area contributed by atoms with E-state index in [0.29, 0.717) is 6.10 Å². The van der Waals surface area contributed by atoms with Crippen molar-refractivity contribution in [3.63, 3.8) is 0 Å². The molecule has 1 aliphatic carbocycles. The first-order chi connectivity index (χ1) is 9.70. The highest BCUT2D eigenvalue weighted by molar-refractivity contribution is 4.94. The molecule has 0 radical (unpaired) electrons. The smallest absolute Gasteiger partial charge is 0.0829 e. The molecular formula is C14H25N5O. The van der Waals surface area contributed by atoms with Gasteiger partial charge in [0.1, 0.15) is 0 Å². The summed E-state index contributed by atoms with van der Waals surface area (Å²) in [5.41, 5.74) is 1.16. The average Bonchev–Trinajstić information content (AvgIpc) is 3.13. The van der Waals surface area contributed by atoms with E-state index in [9.17, 15) is 0 Å². The Bertz CT molecular complexity index is 431. The van der Waals surface area contributed by atoms with Crippen molar-refractivity contribution in [3.8, 4) is 0 Å².